The van der Waals surface area contributed by atoms with Gasteiger partial charge in [-0.3, -0.25) is 0 Å². The first-order valence-corrected chi connectivity index (χ1v) is 8.25. The molecule has 0 amide bonds. The van der Waals surface area contributed by atoms with Gasteiger partial charge in [-0.15, -0.1) is 0 Å². The number of aryl methyl sites for hydroxylation is 1. The highest BCUT2D eigenvalue weighted by Crippen LogP contribution is 2.25. The minimum atomic E-state index is -0.245. The number of benzene rings is 2. The summed E-state index contributed by atoms with van der Waals surface area (Å²) in [5, 5.41) is 6.44. The molecule has 24 heavy (non-hydrogen) atoms. The normalized spacial score (nSPS) is 10.5. The Bertz CT molecular complexity index is 837. The highest BCUT2D eigenvalue weighted by atomic mass is 79.9. The molecule has 3 rings (SSSR count). The van der Waals surface area contributed by atoms with E-state index in [1.165, 1.54) is 12.1 Å². The van der Waals surface area contributed by atoms with Gasteiger partial charge in [0.2, 0.25) is 5.95 Å². The van der Waals surface area contributed by atoms with Crippen molar-refractivity contribution < 1.29 is 4.39 Å². The number of rotatable bonds is 5. The molecule has 3 aromatic rings. The molecule has 1 heterocycles. The minimum Gasteiger partial charge on any atom is -0.350 e. The second kappa shape index (κ2) is 7.40. The number of aromatic nitrogens is 2. The van der Waals surface area contributed by atoms with Gasteiger partial charge in [-0.25, -0.2) is 9.37 Å². The van der Waals surface area contributed by atoms with E-state index in [0.29, 0.717) is 18.3 Å². The molecular formula is C18H16BrFN4. The smallest absolute Gasteiger partial charge is 0.225 e. The lowest BCUT2D eigenvalue weighted by Gasteiger charge is -2.11. The van der Waals surface area contributed by atoms with Crippen LogP contribution in [0.15, 0.2) is 59.1 Å². The van der Waals surface area contributed by atoms with Gasteiger partial charge in [0.25, 0.3) is 0 Å². The van der Waals surface area contributed by atoms with Crippen LogP contribution in [0.1, 0.15) is 11.3 Å². The van der Waals surface area contributed by atoms with Crippen molar-refractivity contribution in [1.82, 2.24) is 9.97 Å². The van der Waals surface area contributed by atoms with Crippen LogP contribution in [0.5, 0.6) is 0 Å². The zero-order valence-electron chi connectivity index (χ0n) is 13.1. The van der Waals surface area contributed by atoms with E-state index in [1.807, 2.05) is 37.3 Å². The monoisotopic (exact) mass is 386 g/mol. The van der Waals surface area contributed by atoms with Crippen LogP contribution in [0, 0.1) is 12.7 Å². The molecular weight excluding hydrogens is 371 g/mol. The molecule has 0 aliphatic heterocycles. The first-order valence-electron chi connectivity index (χ1n) is 7.46. The highest BCUT2D eigenvalue weighted by Gasteiger charge is 2.05. The summed E-state index contributed by atoms with van der Waals surface area (Å²) < 4.78 is 13.9. The fourth-order valence-corrected chi connectivity index (χ4v) is 2.58. The van der Waals surface area contributed by atoms with Gasteiger partial charge in [0.05, 0.1) is 5.69 Å². The van der Waals surface area contributed by atoms with E-state index >= 15 is 0 Å². The van der Waals surface area contributed by atoms with Crippen LogP contribution in [-0.2, 0) is 6.54 Å². The molecule has 0 bridgehead atoms. The first kappa shape index (κ1) is 16.4. The van der Waals surface area contributed by atoms with E-state index < -0.39 is 0 Å². The molecule has 2 N–H and O–H groups in total. The van der Waals surface area contributed by atoms with Gasteiger partial charge in [-0.2, -0.15) is 4.98 Å². The molecule has 0 aliphatic carbocycles. The largest absolute Gasteiger partial charge is 0.350 e. The summed E-state index contributed by atoms with van der Waals surface area (Å²) in [5.74, 6) is 0.982. The Hall–Kier alpha value is -2.47. The maximum absolute atomic E-state index is 12.9. The third-order valence-corrected chi connectivity index (χ3v) is 4.05. The number of para-hydroxylation sites is 1. The molecule has 0 atom stereocenters. The zero-order valence-corrected chi connectivity index (χ0v) is 14.6. The number of halogens is 2. The number of hydrogen-bond acceptors (Lipinski definition) is 4. The van der Waals surface area contributed by atoms with E-state index in [0.717, 1.165) is 21.4 Å². The van der Waals surface area contributed by atoms with Gasteiger partial charge in [-0.05, 0) is 52.7 Å². The number of nitrogens with one attached hydrogen (secondary N) is 2. The van der Waals surface area contributed by atoms with Crippen molar-refractivity contribution in [2.24, 2.45) is 0 Å². The van der Waals surface area contributed by atoms with E-state index in [2.05, 4.69) is 36.5 Å². The third kappa shape index (κ3) is 4.29. The van der Waals surface area contributed by atoms with Gasteiger partial charge in [-0.1, -0.05) is 24.3 Å². The molecule has 0 radical (unpaired) electrons. The summed E-state index contributed by atoms with van der Waals surface area (Å²) in [6.45, 7) is 2.44. The molecule has 0 saturated heterocycles. The van der Waals surface area contributed by atoms with Crippen LogP contribution < -0.4 is 10.6 Å². The zero-order chi connectivity index (χ0) is 16.9. The lowest BCUT2D eigenvalue weighted by molar-refractivity contribution is 0.627. The summed E-state index contributed by atoms with van der Waals surface area (Å²) >= 11 is 3.51. The maximum Gasteiger partial charge on any atom is 0.225 e. The van der Waals surface area contributed by atoms with E-state index in [4.69, 9.17) is 0 Å². The second-order valence-electron chi connectivity index (χ2n) is 5.30. The van der Waals surface area contributed by atoms with E-state index in [9.17, 15) is 4.39 Å². The molecule has 2 aromatic carbocycles. The Balaban J connectivity index is 1.74. The minimum absolute atomic E-state index is 0.245. The Morgan fingerprint density at radius 2 is 1.79 bits per heavy atom. The van der Waals surface area contributed by atoms with E-state index in [-0.39, 0.29) is 5.82 Å². The lowest BCUT2D eigenvalue weighted by Crippen LogP contribution is -2.06. The predicted octanol–water partition coefficient (Wildman–Crippen LogP) is 5.04. The van der Waals surface area contributed by atoms with Gasteiger partial charge in [0.1, 0.15) is 11.6 Å². The van der Waals surface area contributed by atoms with Crippen molar-refractivity contribution in [3.05, 3.63) is 76.1 Å². The summed E-state index contributed by atoms with van der Waals surface area (Å²) in [4.78, 5) is 8.86. The standard InChI is InChI=1S/C18H16BrFN4/c1-12-10-17(23-16-5-3-2-4-15(16)19)24-18(22-12)21-11-13-6-8-14(20)9-7-13/h2-10H,11H2,1H3,(H2,21,22,23,24). The van der Waals surface area contributed by atoms with Crippen molar-refractivity contribution in [1.29, 1.82) is 0 Å². The summed E-state index contributed by atoms with van der Waals surface area (Å²) in [6, 6.07) is 16.1. The van der Waals surface area contributed by atoms with Crippen LogP contribution in [-0.4, -0.2) is 9.97 Å². The highest BCUT2D eigenvalue weighted by molar-refractivity contribution is 9.10. The Morgan fingerprint density at radius 1 is 1.04 bits per heavy atom. The average Bonchev–Trinajstić information content (AvgIpc) is 2.56. The lowest BCUT2D eigenvalue weighted by atomic mass is 10.2. The number of nitrogens with zero attached hydrogens (tertiary/aromatic N) is 2. The maximum atomic E-state index is 12.9. The molecule has 4 nitrogen and oxygen atoms in total. The van der Waals surface area contributed by atoms with Gasteiger partial charge < -0.3 is 10.6 Å². The first-order chi connectivity index (χ1) is 11.6. The summed E-state index contributed by atoms with van der Waals surface area (Å²) in [5.41, 5.74) is 2.74. The quantitative estimate of drug-likeness (QED) is 0.644. The van der Waals surface area contributed by atoms with Crippen molar-refractivity contribution in [2.75, 3.05) is 10.6 Å². The Morgan fingerprint density at radius 3 is 2.54 bits per heavy atom. The van der Waals surface area contributed by atoms with Crippen LogP contribution >= 0.6 is 15.9 Å². The van der Waals surface area contributed by atoms with Crippen molar-refractivity contribution in [2.45, 2.75) is 13.5 Å². The van der Waals surface area contributed by atoms with Gasteiger partial charge >= 0.3 is 0 Å². The van der Waals surface area contributed by atoms with Gasteiger partial charge in [0, 0.05) is 22.8 Å². The molecule has 122 valence electrons. The molecule has 0 unspecified atom stereocenters. The van der Waals surface area contributed by atoms with Crippen molar-refractivity contribution in [3.63, 3.8) is 0 Å². The van der Waals surface area contributed by atoms with Crippen LogP contribution in [0.25, 0.3) is 0 Å². The average molecular weight is 387 g/mol. The molecule has 0 saturated carbocycles. The Labute approximate surface area is 148 Å². The van der Waals surface area contributed by atoms with Crippen molar-refractivity contribution >= 4 is 33.4 Å². The van der Waals surface area contributed by atoms with Crippen LogP contribution in [0.2, 0.25) is 0 Å². The van der Waals surface area contributed by atoms with Crippen molar-refractivity contribution in [3.8, 4) is 0 Å². The fraction of sp³-hybridized carbons (Fsp3) is 0.111. The fourth-order valence-electron chi connectivity index (χ4n) is 2.20. The topological polar surface area (TPSA) is 49.8 Å². The molecule has 0 aliphatic rings. The molecule has 1 aromatic heterocycles. The number of hydrogen-bond donors (Lipinski definition) is 2. The molecule has 0 fully saturated rings. The van der Waals surface area contributed by atoms with Crippen LogP contribution in [0.4, 0.5) is 21.8 Å². The second-order valence-corrected chi connectivity index (χ2v) is 6.16. The van der Waals surface area contributed by atoms with Crippen LogP contribution in [0.3, 0.4) is 0 Å². The Kier molecular flexibility index (Phi) is 5.05. The third-order valence-electron chi connectivity index (χ3n) is 3.35. The summed E-state index contributed by atoms with van der Waals surface area (Å²) in [7, 11) is 0. The predicted molar refractivity (Wildman–Crippen MR) is 97.9 cm³/mol. The van der Waals surface area contributed by atoms with E-state index in [1.54, 1.807) is 12.1 Å². The molecule has 0 spiro atoms. The SMILES string of the molecule is Cc1cc(Nc2ccccc2Br)nc(NCc2ccc(F)cc2)n1. The summed E-state index contributed by atoms with van der Waals surface area (Å²) in [6.07, 6.45) is 0. The number of anilines is 3. The molecule has 6 heteroatoms. The van der Waals surface area contributed by atoms with Gasteiger partial charge in [0.15, 0.2) is 0 Å².